The molecule has 0 saturated carbocycles. The third-order valence-electron chi connectivity index (χ3n) is 3.72. The van der Waals surface area contributed by atoms with Gasteiger partial charge in [-0.1, -0.05) is 29.8 Å². The first kappa shape index (κ1) is 19.5. The van der Waals surface area contributed by atoms with Crippen LogP contribution in [0.25, 0.3) is 0 Å². The normalized spacial score (nSPS) is 10.9. The molecule has 0 amide bonds. The highest BCUT2D eigenvalue weighted by atomic mass is 79.9. The van der Waals surface area contributed by atoms with Crippen LogP contribution in [-0.4, -0.2) is 30.8 Å². The van der Waals surface area contributed by atoms with Crippen molar-refractivity contribution < 1.29 is 9.53 Å². The lowest BCUT2D eigenvalue weighted by atomic mass is 10.1. The highest BCUT2D eigenvalue weighted by Gasteiger charge is 2.14. The predicted octanol–water partition coefficient (Wildman–Crippen LogP) is 5.38. The molecule has 0 aliphatic rings. The maximum atomic E-state index is 12.4. The number of halogens is 2. The van der Waals surface area contributed by atoms with Crippen molar-refractivity contribution in [3.8, 4) is 0 Å². The summed E-state index contributed by atoms with van der Waals surface area (Å²) in [4.78, 5) is 18.8. The molecule has 2 rings (SSSR count). The smallest absolute Gasteiger partial charge is 0.338 e. The van der Waals surface area contributed by atoms with E-state index in [0.717, 1.165) is 27.8 Å². The molecule has 0 radical (unpaired) electrons. The number of benzene rings is 2. The predicted molar refractivity (Wildman–Crippen MR) is 106 cm³/mol. The first-order valence-electron chi connectivity index (χ1n) is 7.87. The summed E-state index contributed by atoms with van der Waals surface area (Å²) in [6.07, 6.45) is 1.76. The number of aryl methyl sites for hydroxylation is 1. The van der Waals surface area contributed by atoms with Crippen molar-refractivity contribution >= 4 is 45.5 Å². The number of ether oxygens (including phenoxy) is 1. The molecule has 0 aliphatic carbocycles. The Morgan fingerprint density at radius 2 is 2.08 bits per heavy atom. The van der Waals surface area contributed by atoms with Crippen LogP contribution in [0.5, 0.6) is 0 Å². The summed E-state index contributed by atoms with van der Waals surface area (Å²) < 4.78 is 6.13. The summed E-state index contributed by atoms with van der Waals surface area (Å²) in [6, 6.07) is 10.9. The molecule has 0 unspecified atom stereocenters. The maximum absolute atomic E-state index is 12.4. The van der Waals surface area contributed by atoms with Gasteiger partial charge in [-0.15, -0.1) is 0 Å². The average Bonchev–Trinajstić information content (AvgIpc) is 2.60. The molecule has 4 nitrogen and oxygen atoms in total. The van der Waals surface area contributed by atoms with Crippen molar-refractivity contribution in [1.82, 2.24) is 4.90 Å². The van der Waals surface area contributed by atoms with Crippen LogP contribution < -0.4 is 0 Å². The minimum Gasteiger partial charge on any atom is -0.457 e. The van der Waals surface area contributed by atoms with E-state index in [4.69, 9.17) is 16.3 Å². The zero-order valence-corrected chi connectivity index (χ0v) is 16.8. The zero-order chi connectivity index (χ0) is 18.4. The van der Waals surface area contributed by atoms with Crippen molar-refractivity contribution in [2.45, 2.75) is 20.5 Å². The van der Waals surface area contributed by atoms with E-state index in [1.54, 1.807) is 18.5 Å². The molecule has 0 atom stereocenters. The van der Waals surface area contributed by atoms with E-state index in [1.807, 2.05) is 50.1 Å². The van der Waals surface area contributed by atoms with Crippen LogP contribution in [0.4, 0.5) is 5.69 Å². The van der Waals surface area contributed by atoms with Gasteiger partial charge in [0.2, 0.25) is 0 Å². The molecule has 2 aromatic rings. The van der Waals surface area contributed by atoms with Gasteiger partial charge in [0, 0.05) is 28.7 Å². The lowest BCUT2D eigenvalue weighted by Crippen LogP contribution is -2.14. The summed E-state index contributed by atoms with van der Waals surface area (Å²) >= 11 is 9.55. The van der Waals surface area contributed by atoms with Crippen LogP contribution in [0.1, 0.15) is 28.4 Å². The van der Waals surface area contributed by atoms with Gasteiger partial charge in [-0.25, -0.2) is 9.79 Å². The lowest BCUT2D eigenvalue weighted by molar-refractivity contribution is 0.0472. The number of hydrogen-bond donors (Lipinski definition) is 0. The number of aliphatic imine (C=N–C) groups is 1. The second-order valence-electron chi connectivity index (χ2n) is 5.60. The molecule has 6 heteroatoms. The fourth-order valence-corrected chi connectivity index (χ4v) is 2.70. The Morgan fingerprint density at radius 1 is 1.36 bits per heavy atom. The third-order valence-corrected chi connectivity index (χ3v) is 4.73. The molecule has 0 bridgehead atoms. The lowest BCUT2D eigenvalue weighted by Gasteiger charge is -2.11. The Morgan fingerprint density at radius 3 is 2.76 bits per heavy atom. The van der Waals surface area contributed by atoms with Gasteiger partial charge in [-0.05, 0) is 53.5 Å². The molecular weight excluding hydrogens is 404 g/mol. The van der Waals surface area contributed by atoms with Gasteiger partial charge in [0.05, 0.1) is 17.6 Å². The van der Waals surface area contributed by atoms with Gasteiger partial charge in [0.1, 0.15) is 6.61 Å². The van der Waals surface area contributed by atoms with E-state index in [-0.39, 0.29) is 12.6 Å². The van der Waals surface area contributed by atoms with E-state index in [2.05, 4.69) is 20.9 Å². The standard InChI is InChI=1S/C19H20BrClN2O2/c1-4-23(3)12-22-18-9-13(2)15(10-16(18)20)19(24)25-11-14-7-5-6-8-17(14)21/h5-10,12H,4,11H2,1-3H3. The van der Waals surface area contributed by atoms with Crippen LogP contribution in [-0.2, 0) is 11.3 Å². The van der Waals surface area contributed by atoms with Crippen molar-refractivity contribution in [2.75, 3.05) is 13.6 Å². The van der Waals surface area contributed by atoms with Crippen LogP contribution >= 0.6 is 27.5 Å². The second kappa shape index (κ2) is 9.02. The summed E-state index contributed by atoms with van der Waals surface area (Å²) in [5.41, 5.74) is 2.85. The number of hydrogen-bond acceptors (Lipinski definition) is 3. The van der Waals surface area contributed by atoms with Crippen LogP contribution in [0.3, 0.4) is 0 Å². The second-order valence-corrected chi connectivity index (χ2v) is 6.87. The fraction of sp³-hybridized carbons (Fsp3) is 0.263. The largest absolute Gasteiger partial charge is 0.457 e. The highest BCUT2D eigenvalue weighted by molar-refractivity contribution is 9.10. The van der Waals surface area contributed by atoms with E-state index >= 15 is 0 Å². The van der Waals surface area contributed by atoms with Crippen LogP contribution in [0, 0.1) is 6.92 Å². The van der Waals surface area contributed by atoms with Crippen molar-refractivity contribution in [3.63, 3.8) is 0 Å². The number of carbonyl (C=O) groups excluding carboxylic acids is 1. The van der Waals surface area contributed by atoms with E-state index in [1.165, 1.54) is 0 Å². The summed E-state index contributed by atoms with van der Waals surface area (Å²) in [6.45, 7) is 4.91. The van der Waals surface area contributed by atoms with Crippen LogP contribution in [0.15, 0.2) is 45.9 Å². The summed E-state index contributed by atoms with van der Waals surface area (Å²) in [7, 11) is 1.95. The molecule has 0 heterocycles. The average molecular weight is 424 g/mol. The number of carbonyl (C=O) groups is 1. The van der Waals surface area contributed by atoms with Gasteiger partial charge in [0.15, 0.2) is 0 Å². The molecule has 2 aromatic carbocycles. The summed E-state index contributed by atoms with van der Waals surface area (Å²) in [5.74, 6) is -0.390. The van der Waals surface area contributed by atoms with Gasteiger partial charge < -0.3 is 9.64 Å². The molecule has 0 fully saturated rings. The Balaban J connectivity index is 2.13. The molecular formula is C19H20BrClN2O2. The van der Waals surface area contributed by atoms with Crippen LogP contribution in [0.2, 0.25) is 5.02 Å². The van der Waals surface area contributed by atoms with Gasteiger partial charge in [0.25, 0.3) is 0 Å². The monoisotopic (exact) mass is 422 g/mol. The highest BCUT2D eigenvalue weighted by Crippen LogP contribution is 2.29. The molecule has 0 aliphatic heterocycles. The van der Waals surface area contributed by atoms with Crippen molar-refractivity contribution in [2.24, 2.45) is 4.99 Å². The Kier molecular flexibility index (Phi) is 7.02. The van der Waals surface area contributed by atoms with E-state index in [9.17, 15) is 4.79 Å². The molecule has 0 N–H and O–H groups in total. The fourth-order valence-electron chi connectivity index (χ4n) is 2.06. The van der Waals surface area contributed by atoms with Crippen molar-refractivity contribution in [1.29, 1.82) is 0 Å². The first-order chi connectivity index (χ1) is 11.9. The quantitative estimate of drug-likeness (QED) is 0.356. The molecule has 0 spiro atoms. The first-order valence-corrected chi connectivity index (χ1v) is 9.04. The number of nitrogens with zero attached hydrogens (tertiary/aromatic N) is 2. The van der Waals surface area contributed by atoms with Gasteiger partial charge >= 0.3 is 5.97 Å². The maximum Gasteiger partial charge on any atom is 0.338 e. The SMILES string of the molecule is CCN(C)C=Nc1cc(C)c(C(=O)OCc2ccccc2Cl)cc1Br. The Hall–Kier alpha value is -1.85. The zero-order valence-electron chi connectivity index (χ0n) is 14.4. The van der Waals surface area contributed by atoms with Gasteiger partial charge in [-0.2, -0.15) is 0 Å². The van der Waals surface area contributed by atoms with Crippen molar-refractivity contribution in [3.05, 3.63) is 62.6 Å². The third kappa shape index (κ3) is 5.31. The van der Waals surface area contributed by atoms with E-state index in [0.29, 0.717) is 10.6 Å². The topological polar surface area (TPSA) is 41.9 Å². The van der Waals surface area contributed by atoms with E-state index < -0.39 is 0 Å². The molecule has 0 saturated heterocycles. The minimum absolute atomic E-state index is 0.136. The molecule has 0 aromatic heterocycles. The van der Waals surface area contributed by atoms with Gasteiger partial charge in [-0.3, -0.25) is 0 Å². The summed E-state index contributed by atoms with van der Waals surface area (Å²) in [5, 5.41) is 0.581. The number of esters is 1. The minimum atomic E-state index is -0.390. The number of rotatable bonds is 6. The Bertz CT molecular complexity index is 793. The Labute approximate surface area is 161 Å². The molecule has 132 valence electrons. The molecule has 25 heavy (non-hydrogen) atoms.